The molecule has 0 saturated heterocycles. The smallest absolute Gasteiger partial charge is 0.133 e. The Labute approximate surface area is 102 Å². The lowest BCUT2D eigenvalue weighted by atomic mass is 10.0. The fourth-order valence-electron chi connectivity index (χ4n) is 1.74. The Bertz CT molecular complexity index is 146. The van der Waals surface area contributed by atoms with E-state index in [1.807, 2.05) is 6.92 Å². The maximum Gasteiger partial charge on any atom is 0.133 e. The molecule has 0 aromatic heterocycles. The molecule has 0 aliphatic carbocycles. The molecule has 2 heteroatoms. The Kier molecular flexibility index (Phi) is 10.0. The molecule has 0 spiro atoms. The fraction of sp³-hybridized carbons (Fsp3) is 0.929. The van der Waals surface area contributed by atoms with Crippen molar-refractivity contribution in [2.45, 2.75) is 66.7 Å². The summed E-state index contributed by atoms with van der Waals surface area (Å²) in [5.41, 5.74) is 0. The summed E-state index contributed by atoms with van der Waals surface area (Å²) in [7, 11) is 0. The lowest BCUT2D eigenvalue weighted by Gasteiger charge is -2.17. The highest BCUT2D eigenvalue weighted by molar-refractivity contribution is 4.70. The first-order valence-electron chi connectivity index (χ1n) is 6.71. The molecule has 2 nitrogen and oxygen atoms in total. The van der Waals surface area contributed by atoms with Crippen molar-refractivity contribution in [3.05, 3.63) is 6.10 Å². The molecule has 16 heavy (non-hydrogen) atoms. The van der Waals surface area contributed by atoms with E-state index in [1.165, 1.54) is 25.7 Å². The SMILES string of the molecule is CCCCC(CC)COO[C](C)CC(C)C. The lowest BCUT2D eigenvalue weighted by Crippen LogP contribution is -2.11. The second kappa shape index (κ2) is 10.1. The third-order valence-electron chi connectivity index (χ3n) is 2.74. The van der Waals surface area contributed by atoms with E-state index in [4.69, 9.17) is 9.78 Å². The van der Waals surface area contributed by atoms with Crippen LogP contribution in [0.4, 0.5) is 0 Å². The Morgan fingerprint density at radius 3 is 2.38 bits per heavy atom. The van der Waals surface area contributed by atoms with Gasteiger partial charge in [-0.3, -0.25) is 0 Å². The van der Waals surface area contributed by atoms with Gasteiger partial charge >= 0.3 is 0 Å². The number of hydrogen-bond acceptors (Lipinski definition) is 2. The van der Waals surface area contributed by atoms with Crippen molar-refractivity contribution in [2.24, 2.45) is 11.8 Å². The topological polar surface area (TPSA) is 18.5 Å². The number of rotatable bonds is 10. The summed E-state index contributed by atoms with van der Waals surface area (Å²) >= 11 is 0. The maximum absolute atomic E-state index is 5.31. The highest BCUT2D eigenvalue weighted by Gasteiger charge is 2.10. The Balaban J connectivity index is 3.53. The third kappa shape index (κ3) is 9.17. The van der Waals surface area contributed by atoms with Gasteiger partial charge < -0.3 is 0 Å². The summed E-state index contributed by atoms with van der Waals surface area (Å²) in [6.45, 7) is 11.5. The summed E-state index contributed by atoms with van der Waals surface area (Å²) in [5.74, 6) is 1.28. The summed E-state index contributed by atoms with van der Waals surface area (Å²) in [6.07, 6.45) is 6.94. The summed E-state index contributed by atoms with van der Waals surface area (Å²) < 4.78 is 0. The lowest BCUT2D eigenvalue weighted by molar-refractivity contribution is -0.295. The summed E-state index contributed by atoms with van der Waals surface area (Å²) in [4.78, 5) is 10.6. The van der Waals surface area contributed by atoms with E-state index in [-0.39, 0.29) is 0 Å². The number of hydrogen-bond donors (Lipinski definition) is 0. The van der Waals surface area contributed by atoms with Gasteiger partial charge in [0.1, 0.15) is 6.10 Å². The average molecular weight is 229 g/mol. The van der Waals surface area contributed by atoms with Crippen LogP contribution in [-0.2, 0) is 9.78 Å². The molecule has 97 valence electrons. The first-order valence-corrected chi connectivity index (χ1v) is 6.71. The molecule has 1 unspecified atom stereocenters. The quantitative estimate of drug-likeness (QED) is 0.397. The second-order valence-electron chi connectivity index (χ2n) is 5.08. The zero-order valence-electron chi connectivity index (χ0n) is 11.7. The summed E-state index contributed by atoms with van der Waals surface area (Å²) in [5, 5.41) is 0. The average Bonchev–Trinajstić information content (AvgIpc) is 2.22. The van der Waals surface area contributed by atoms with E-state index < -0.39 is 0 Å². The molecule has 1 atom stereocenters. The molecule has 0 rings (SSSR count). The van der Waals surface area contributed by atoms with Gasteiger partial charge in [-0.2, -0.15) is 0 Å². The van der Waals surface area contributed by atoms with Crippen LogP contribution >= 0.6 is 0 Å². The van der Waals surface area contributed by atoms with Gasteiger partial charge in [0.15, 0.2) is 0 Å². The van der Waals surface area contributed by atoms with Crippen molar-refractivity contribution < 1.29 is 9.78 Å². The molecule has 0 N–H and O–H groups in total. The van der Waals surface area contributed by atoms with Gasteiger partial charge in [0.05, 0.1) is 6.61 Å². The van der Waals surface area contributed by atoms with Crippen LogP contribution in [0, 0.1) is 17.9 Å². The van der Waals surface area contributed by atoms with Crippen molar-refractivity contribution in [3.8, 4) is 0 Å². The van der Waals surface area contributed by atoms with Gasteiger partial charge in [-0.05, 0) is 31.6 Å². The van der Waals surface area contributed by atoms with Crippen LogP contribution in [-0.4, -0.2) is 6.61 Å². The zero-order valence-corrected chi connectivity index (χ0v) is 11.7. The largest absolute Gasteiger partial charge is 0.236 e. The van der Waals surface area contributed by atoms with Crippen molar-refractivity contribution in [2.75, 3.05) is 6.61 Å². The maximum atomic E-state index is 5.31. The molecular weight excluding hydrogens is 200 g/mol. The minimum absolute atomic E-state index is 0.630. The highest BCUT2D eigenvalue weighted by atomic mass is 17.2. The van der Waals surface area contributed by atoms with Gasteiger partial charge in [-0.15, -0.1) is 0 Å². The standard InChI is InChI=1S/C14H29O2/c1-6-8-9-14(7-2)11-15-16-13(5)10-12(3)4/h12,14H,6-11H2,1-5H3. The van der Waals surface area contributed by atoms with E-state index in [2.05, 4.69) is 27.7 Å². The molecule has 0 fully saturated rings. The van der Waals surface area contributed by atoms with E-state index >= 15 is 0 Å². The molecule has 0 heterocycles. The summed E-state index contributed by atoms with van der Waals surface area (Å²) in [6, 6.07) is 0. The minimum Gasteiger partial charge on any atom is -0.236 e. The third-order valence-corrected chi connectivity index (χ3v) is 2.74. The fourth-order valence-corrected chi connectivity index (χ4v) is 1.74. The first-order chi connectivity index (χ1) is 7.60. The predicted molar refractivity (Wildman–Crippen MR) is 68.7 cm³/mol. The molecule has 0 aliphatic rings. The molecule has 0 bridgehead atoms. The van der Waals surface area contributed by atoms with E-state index in [9.17, 15) is 0 Å². The highest BCUT2D eigenvalue weighted by Crippen LogP contribution is 2.17. The predicted octanol–water partition coefficient (Wildman–Crippen LogP) is 4.75. The Hall–Kier alpha value is -0.0800. The van der Waals surface area contributed by atoms with Crippen LogP contribution in [0.5, 0.6) is 0 Å². The van der Waals surface area contributed by atoms with Crippen LogP contribution in [0.2, 0.25) is 0 Å². The monoisotopic (exact) mass is 229 g/mol. The molecule has 0 aromatic carbocycles. The van der Waals surface area contributed by atoms with Crippen LogP contribution in [0.15, 0.2) is 0 Å². The Morgan fingerprint density at radius 1 is 1.19 bits per heavy atom. The molecule has 0 aliphatic heterocycles. The van der Waals surface area contributed by atoms with Gasteiger partial charge in [-0.1, -0.05) is 47.0 Å². The molecule has 0 amide bonds. The van der Waals surface area contributed by atoms with Crippen molar-refractivity contribution in [1.82, 2.24) is 0 Å². The van der Waals surface area contributed by atoms with Crippen LogP contribution in [0.25, 0.3) is 0 Å². The molecule has 1 radical (unpaired) electrons. The van der Waals surface area contributed by atoms with E-state index in [0.29, 0.717) is 11.8 Å². The van der Waals surface area contributed by atoms with Crippen LogP contribution in [0.1, 0.15) is 66.7 Å². The molecule has 0 saturated carbocycles. The zero-order chi connectivity index (χ0) is 12.4. The second-order valence-corrected chi connectivity index (χ2v) is 5.08. The molecular formula is C14H29O2. The van der Waals surface area contributed by atoms with Gasteiger partial charge in [0.2, 0.25) is 0 Å². The van der Waals surface area contributed by atoms with Crippen molar-refractivity contribution in [1.29, 1.82) is 0 Å². The van der Waals surface area contributed by atoms with Crippen molar-refractivity contribution >= 4 is 0 Å². The molecule has 0 aromatic rings. The van der Waals surface area contributed by atoms with Gasteiger partial charge in [-0.25, -0.2) is 9.78 Å². The van der Waals surface area contributed by atoms with Crippen LogP contribution < -0.4 is 0 Å². The van der Waals surface area contributed by atoms with E-state index in [1.54, 1.807) is 0 Å². The number of unbranched alkanes of at least 4 members (excludes halogenated alkanes) is 1. The van der Waals surface area contributed by atoms with Crippen molar-refractivity contribution in [3.63, 3.8) is 0 Å². The van der Waals surface area contributed by atoms with Crippen LogP contribution in [0.3, 0.4) is 0 Å². The van der Waals surface area contributed by atoms with E-state index in [0.717, 1.165) is 19.1 Å². The normalized spacial score (nSPS) is 13.7. The van der Waals surface area contributed by atoms with Gasteiger partial charge in [0.25, 0.3) is 0 Å². The first kappa shape index (κ1) is 15.9. The Morgan fingerprint density at radius 2 is 1.88 bits per heavy atom. The minimum atomic E-state index is 0.630. The van der Waals surface area contributed by atoms with Gasteiger partial charge in [0, 0.05) is 0 Å².